The first-order chi connectivity index (χ1) is 12.6. The molecule has 2 aromatic heterocycles. The third-order valence-electron chi connectivity index (χ3n) is 4.36. The van der Waals surface area contributed by atoms with E-state index in [1.54, 1.807) is 19.1 Å². The fraction of sp³-hybridized carbons (Fsp3) is 0.333. The molecule has 0 atom stereocenters. The van der Waals surface area contributed by atoms with Crippen LogP contribution in [0.1, 0.15) is 41.9 Å². The van der Waals surface area contributed by atoms with E-state index in [0.717, 1.165) is 34.2 Å². The van der Waals surface area contributed by atoms with Gasteiger partial charge in [-0.15, -0.1) is 11.3 Å². The molecular formula is C21H23NO3S. The third kappa shape index (κ3) is 3.58. The quantitative estimate of drug-likeness (QED) is 0.520. The lowest BCUT2D eigenvalue weighted by Crippen LogP contribution is -2.19. The third-order valence-corrected chi connectivity index (χ3v) is 5.57. The molecule has 0 spiro atoms. The van der Waals surface area contributed by atoms with Crippen molar-refractivity contribution in [1.29, 1.82) is 0 Å². The van der Waals surface area contributed by atoms with Crippen molar-refractivity contribution < 1.29 is 9.53 Å². The summed E-state index contributed by atoms with van der Waals surface area (Å²) >= 11 is 1.34. The first-order valence-electron chi connectivity index (χ1n) is 8.89. The number of nitrogens with zero attached hydrogens (tertiary/aromatic N) is 1. The molecule has 2 aromatic rings. The highest BCUT2D eigenvalue weighted by molar-refractivity contribution is 7.20. The Hall–Kier alpha value is -2.40. The highest BCUT2D eigenvalue weighted by atomic mass is 32.1. The van der Waals surface area contributed by atoms with Gasteiger partial charge in [-0.3, -0.25) is 9.36 Å². The van der Waals surface area contributed by atoms with Crippen LogP contribution in [0.3, 0.4) is 0 Å². The second-order valence-electron chi connectivity index (χ2n) is 6.33. The van der Waals surface area contributed by atoms with E-state index in [1.807, 2.05) is 35.8 Å². The monoisotopic (exact) mass is 369 g/mol. The summed E-state index contributed by atoms with van der Waals surface area (Å²) in [5, 5.41) is 0.907. The molecule has 1 aliphatic carbocycles. The summed E-state index contributed by atoms with van der Waals surface area (Å²) in [7, 11) is 0. The number of hydrogen-bond acceptors (Lipinski definition) is 4. The van der Waals surface area contributed by atoms with Crippen LogP contribution >= 0.6 is 11.3 Å². The number of thiophene rings is 1. The van der Waals surface area contributed by atoms with Crippen LogP contribution in [0.4, 0.5) is 0 Å². The minimum Gasteiger partial charge on any atom is -0.462 e. The van der Waals surface area contributed by atoms with Gasteiger partial charge in [-0.2, -0.15) is 0 Å². The van der Waals surface area contributed by atoms with E-state index in [-0.39, 0.29) is 11.5 Å². The predicted octanol–water partition coefficient (Wildman–Crippen LogP) is 4.80. The Balaban J connectivity index is 2.29. The number of fused-ring (bicyclic) bond motifs is 1. The molecule has 0 bridgehead atoms. The van der Waals surface area contributed by atoms with Crippen LogP contribution in [0.25, 0.3) is 15.8 Å². The smallest absolute Gasteiger partial charge is 0.349 e. The first kappa shape index (κ1) is 18.4. The number of esters is 1. The fourth-order valence-corrected chi connectivity index (χ4v) is 4.24. The van der Waals surface area contributed by atoms with E-state index in [0.29, 0.717) is 23.9 Å². The van der Waals surface area contributed by atoms with Crippen molar-refractivity contribution in [3.63, 3.8) is 0 Å². The second kappa shape index (κ2) is 7.87. The van der Waals surface area contributed by atoms with E-state index in [1.165, 1.54) is 11.3 Å². The fourth-order valence-electron chi connectivity index (χ4n) is 3.02. The maximum atomic E-state index is 12.6. The molecule has 136 valence electrons. The van der Waals surface area contributed by atoms with Gasteiger partial charge in [-0.1, -0.05) is 30.9 Å². The average molecular weight is 369 g/mol. The van der Waals surface area contributed by atoms with Crippen molar-refractivity contribution in [2.45, 2.75) is 33.2 Å². The average Bonchev–Trinajstić information content (AvgIpc) is 3.35. The molecule has 1 aliphatic rings. The minimum absolute atomic E-state index is 0.0205. The molecule has 5 heteroatoms. The molecule has 2 heterocycles. The van der Waals surface area contributed by atoms with Crippen molar-refractivity contribution in [3.05, 3.63) is 63.8 Å². The Morgan fingerprint density at radius 1 is 1.42 bits per heavy atom. The summed E-state index contributed by atoms with van der Waals surface area (Å²) < 4.78 is 7.09. The lowest BCUT2D eigenvalue weighted by molar-refractivity contribution is 0.0532. The van der Waals surface area contributed by atoms with Crippen LogP contribution in [-0.4, -0.2) is 17.1 Å². The molecule has 0 amide bonds. The van der Waals surface area contributed by atoms with E-state index in [4.69, 9.17) is 4.74 Å². The highest BCUT2D eigenvalue weighted by Gasteiger charge is 2.26. The molecular weight excluding hydrogens is 346 g/mol. The van der Waals surface area contributed by atoms with E-state index >= 15 is 0 Å². The van der Waals surface area contributed by atoms with Gasteiger partial charge in [-0.05, 0) is 44.2 Å². The number of aromatic nitrogens is 1. The largest absolute Gasteiger partial charge is 0.462 e. The number of allylic oxidation sites excluding steroid dienone is 5. The molecule has 1 fully saturated rings. The number of ether oxygens (including phenoxy) is 1. The van der Waals surface area contributed by atoms with Gasteiger partial charge in [0.15, 0.2) is 0 Å². The first-order valence-corrected chi connectivity index (χ1v) is 9.71. The van der Waals surface area contributed by atoms with Crippen LogP contribution in [0.5, 0.6) is 0 Å². The topological polar surface area (TPSA) is 48.3 Å². The number of hydrogen-bond donors (Lipinski definition) is 0. The summed E-state index contributed by atoms with van der Waals surface area (Å²) in [6, 6.07) is 3.41. The molecule has 0 unspecified atom stereocenters. The number of pyridine rings is 1. The lowest BCUT2D eigenvalue weighted by Gasteiger charge is -2.07. The molecule has 1 saturated carbocycles. The molecule has 0 N–H and O–H groups in total. The van der Waals surface area contributed by atoms with E-state index in [2.05, 4.69) is 6.58 Å². The summed E-state index contributed by atoms with van der Waals surface area (Å²) in [6.45, 7) is 8.53. The van der Waals surface area contributed by atoms with Crippen LogP contribution in [0.15, 0.2) is 47.8 Å². The Kier molecular flexibility index (Phi) is 5.57. The van der Waals surface area contributed by atoms with Gasteiger partial charge in [0.2, 0.25) is 0 Å². The molecule has 0 radical (unpaired) electrons. The van der Waals surface area contributed by atoms with Crippen LogP contribution in [-0.2, 0) is 11.3 Å². The molecule has 26 heavy (non-hydrogen) atoms. The SMILES string of the molecule is C=C/C=C(\C=C/C)c1c(C(=O)OCC)sc2c1ccc(=O)n2CC1CC1. The summed E-state index contributed by atoms with van der Waals surface area (Å²) in [5.41, 5.74) is 1.67. The molecule has 0 aliphatic heterocycles. The zero-order valence-electron chi connectivity index (χ0n) is 15.2. The standard InChI is InChI=1S/C21H23NO3S/c1-4-7-15(8-5-2)18-16-11-12-17(23)22(13-14-9-10-14)20(16)26-19(18)21(24)25-6-3/h4-5,7-8,11-12,14H,1,6,9-10,13H2,2-3H3/b8-5-,15-7+. The van der Waals surface area contributed by atoms with Crippen LogP contribution in [0.2, 0.25) is 0 Å². The summed E-state index contributed by atoms with van der Waals surface area (Å²) in [4.78, 5) is 26.4. The van der Waals surface area contributed by atoms with Crippen molar-refractivity contribution in [2.24, 2.45) is 5.92 Å². The van der Waals surface area contributed by atoms with Gasteiger partial charge in [0.25, 0.3) is 5.56 Å². The van der Waals surface area contributed by atoms with Crippen molar-refractivity contribution >= 4 is 33.1 Å². The van der Waals surface area contributed by atoms with Gasteiger partial charge in [-0.25, -0.2) is 4.79 Å². The molecule has 0 saturated heterocycles. The molecule has 4 nitrogen and oxygen atoms in total. The van der Waals surface area contributed by atoms with E-state index < -0.39 is 0 Å². The van der Waals surface area contributed by atoms with Crippen molar-refractivity contribution in [3.8, 4) is 0 Å². The van der Waals surface area contributed by atoms with Crippen molar-refractivity contribution in [2.75, 3.05) is 6.61 Å². The van der Waals surface area contributed by atoms with Gasteiger partial charge >= 0.3 is 5.97 Å². The predicted molar refractivity (Wildman–Crippen MR) is 108 cm³/mol. The Bertz CT molecular complexity index is 958. The van der Waals surface area contributed by atoms with Gasteiger partial charge < -0.3 is 4.74 Å². The second-order valence-corrected chi connectivity index (χ2v) is 7.33. The Morgan fingerprint density at radius 3 is 2.81 bits per heavy atom. The normalized spacial score (nSPS) is 14.9. The molecule has 0 aromatic carbocycles. The van der Waals surface area contributed by atoms with Gasteiger partial charge in [0, 0.05) is 23.6 Å². The van der Waals surface area contributed by atoms with Crippen LogP contribution in [0, 0.1) is 5.92 Å². The number of rotatable bonds is 7. The maximum absolute atomic E-state index is 12.6. The maximum Gasteiger partial charge on any atom is 0.349 e. The summed E-state index contributed by atoms with van der Waals surface area (Å²) in [6.07, 6.45) is 9.77. The van der Waals surface area contributed by atoms with Crippen LogP contribution < -0.4 is 5.56 Å². The Morgan fingerprint density at radius 2 is 2.19 bits per heavy atom. The zero-order chi connectivity index (χ0) is 18.7. The van der Waals surface area contributed by atoms with Crippen molar-refractivity contribution in [1.82, 2.24) is 4.57 Å². The van der Waals surface area contributed by atoms with E-state index in [9.17, 15) is 9.59 Å². The highest BCUT2D eigenvalue weighted by Crippen LogP contribution is 2.38. The number of carbonyl (C=O) groups is 1. The molecule has 3 rings (SSSR count). The lowest BCUT2D eigenvalue weighted by atomic mass is 10.0. The Labute approximate surface area is 157 Å². The van der Waals surface area contributed by atoms with Gasteiger partial charge in [0.05, 0.1) is 6.61 Å². The van der Waals surface area contributed by atoms with Gasteiger partial charge in [0.1, 0.15) is 9.71 Å². The minimum atomic E-state index is -0.353. The number of carbonyl (C=O) groups excluding carboxylic acids is 1. The zero-order valence-corrected chi connectivity index (χ0v) is 16.0. The summed E-state index contributed by atoms with van der Waals surface area (Å²) in [5.74, 6) is 0.210.